The van der Waals surface area contributed by atoms with Crippen molar-refractivity contribution in [3.05, 3.63) is 52.2 Å². The van der Waals surface area contributed by atoms with E-state index in [2.05, 4.69) is 54.2 Å². The summed E-state index contributed by atoms with van der Waals surface area (Å²) >= 11 is 0. The summed E-state index contributed by atoms with van der Waals surface area (Å²) in [7, 11) is 0. The molecule has 2 heterocycles. The zero-order valence-electron chi connectivity index (χ0n) is 24.6. The Morgan fingerprint density at radius 1 is 1.05 bits per heavy atom. The first-order chi connectivity index (χ1) is 18.4. The van der Waals surface area contributed by atoms with Gasteiger partial charge < -0.3 is 14.6 Å². The number of nitrogens with one attached hydrogen (secondary N) is 1. The van der Waals surface area contributed by atoms with E-state index in [1.807, 2.05) is 46.0 Å². The molecule has 8 heteroatoms. The number of esters is 1. The highest BCUT2D eigenvalue weighted by Crippen LogP contribution is 2.28. The van der Waals surface area contributed by atoms with Crippen LogP contribution in [0.5, 0.6) is 0 Å². The number of carbonyl (C=O) groups excluding carboxylic acids is 2. The number of hydrogen-bond donors (Lipinski definition) is 1. The maximum absolute atomic E-state index is 12.4. The van der Waals surface area contributed by atoms with E-state index in [0.29, 0.717) is 36.2 Å². The molecule has 1 aromatic carbocycles. The largest absolute Gasteiger partial charge is 0.460 e. The third kappa shape index (κ3) is 8.73. The molecule has 0 fully saturated rings. The smallest absolute Gasteiger partial charge is 0.308 e. The van der Waals surface area contributed by atoms with Gasteiger partial charge in [0.1, 0.15) is 11.3 Å². The Bertz CT molecular complexity index is 1300. The first-order valence-corrected chi connectivity index (χ1v) is 13.8. The van der Waals surface area contributed by atoms with Gasteiger partial charge in [0.2, 0.25) is 11.7 Å². The second-order valence-electron chi connectivity index (χ2n) is 11.5. The second kappa shape index (κ2) is 13.0. The minimum atomic E-state index is -0.529. The molecule has 3 rings (SSSR count). The lowest BCUT2D eigenvalue weighted by Crippen LogP contribution is -2.29. The van der Waals surface area contributed by atoms with Crippen LogP contribution < -0.4 is 5.32 Å². The lowest BCUT2D eigenvalue weighted by Gasteiger charge is -2.19. The Morgan fingerprint density at radius 3 is 2.44 bits per heavy atom. The summed E-state index contributed by atoms with van der Waals surface area (Å²) in [6.45, 7) is 16.3. The predicted molar refractivity (Wildman–Crippen MR) is 152 cm³/mol. The molecule has 210 valence electrons. The molecule has 0 aliphatic heterocycles. The van der Waals surface area contributed by atoms with Crippen molar-refractivity contribution < 1.29 is 18.8 Å². The van der Waals surface area contributed by atoms with Gasteiger partial charge in [-0.2, -0.15) is 4.98 Å². The Morgan fingerprint density at radius 2 is 1.79 bits per heavy atom. The van der Waals surface area contributed by atoms with Crippen molar-refractivity contribution in [2.45, 2.75) is 93.1 Å². The van der Waals surface area contributed by atoms with Crippen LogP contribution in [-0.2, 0) is 33.6 Å². The van der Waals surface area contributed by atoms with E-state index in [1.165, 1.54) is 5.56 Å². The van der Waals surface area contributed by atoms with E-state index in [-0.39, 0.29) is 24.8 Å². The molecular weight excluding hydrogens is 492 g/mol. The van der Waals surface area contributed by atoms with Crippen molar-refractivity contribution in [1.29, 1.82) is 0 Å². The molecule has 0 aliphatic rings. The van der Waals surface area contributed by atoms with Crippen LogP contribution in [0.4, 0.5) is 0 Å². The van der Waals surface area contributed by atoms with Crippen LogP contribution in [-0.4, -0.2) is 39.1 Å². The predicted octanol–water partition coefficient (Wildman–Crippen LogP) is 5.96. The van der Waals surface area contributed by atoms with Crippen LogP contribution in [0.15, 0.2) is 28.9 Å². The zero-order valence-corrected chi connectivity index (χ0v) is 24.6. The van der Waals surface area contributed by atoms with Crippen molar-refractivity contribution in [1.82, 2.24) is 20.4 Å². The number of pyridine rings is 1. The number of benzene rings is 1. The molecule has 0 saturated carbocycles. The lowest BCUT2D eigenvalue weighted by atomic mass is 9.93. The monoisotopic (exact) mass is 534 g/mol. The van der Waals surface area contributed by atoms with Crippen LogP contribution in [0.2, 0.25) is 0 Å². The Hall–Kier alpha value is -3.55. The van der Waals surface area contributed by atoms with E-state index >= 15 is 0 Å². The molecule has 0 aliphatic carbocycles. The van der Waals surface area contributed by atoms with Crippen molar-refractivity contribution in [3.8, 4) is 23.0 Å². The standard InChI is InChI=1S/C31H42N4O4/c1-9-22-17-23(29-34-30(39-35-29)26-16-20(4)24(18-33-26)14-19(2)3)15-21(5)25(22)10-11-27(36)32-13-12-28(37)38-31(6,7)8/h15-19H,9-14H2,1-8H3,(H,32,36). The highest BCUT2D eigenvalue weighted by molar-refractivity contribution is 5.77. The SMILES string of the molecule is CCc1cc(-c2noc(-c3cc(C)c(CC(C)C)cn3)n2)cc(C)c1CCC(=O)NCCC(=O)OC(C)(C)C. The van der Waals surface area contributed by atoms with E-state index in [0.717, 1.165) is 40.7 Å². The molecule has 0 spiro atoms. The quantitative estimate of drug-likeness (QED) is 0.303. The number of rotatable bonds is 11. The van der Waals surface area contributed by atoms with Gasteiger partial charge in [0.15, 0.2) is 0 Å². The number of aryl methyl sites for hydroxylation is 3. The third-order valence-electron chi connectivity index (χ3n) is 6.37. The van der Waals surface area contributed by atoms with Gasteiger partial charge in [-0.25, -0.2) is 0 Å². The molecule has 0 atom stereocenters. The number of hydrogen-bond acceptors (Lipinski definition) is 7. The van der Waals surface area contributed by atoms with Crippen LogP contribution in [0.1, 0.15) is 82.2 Å². The molecule has 0 bridgehead atoms. The maximum atomic E-state index is 12.4. The Kier molecular flexibility index (Phi) is 10.0. The third-order valence-corrected chi connectivity index (χ3v) is 6.37. The topological polar surface area (TPSA) is 107 Å². The summed E-state index contributed by atoms with van der Waals surface area (Å²) < 4.78 is 10.9. The number of aromatic nitrogens is 3. The van der Waals surface area contributed by atoms with Crippen molar-refractivity contribution in [3.63, 3.8) is 0 Å². The average molecular weight is 535 g/mol. The number of ether oxygens (including phenoxy) is 1. The maximum Gasteiger partial charge on any atom is 0.308 e. The first kappa shape index (κ1) is 30.0. The minimum absolute atomic E-state index is 0.0888. The number of carbonyl (C=O) groups is 2. The van der Waals surface area contributed by atoms with Crippen LogP contribution in [0.3, 0.4) is 0 Å². The second-order valence-corrected chi connectivity index (χ2v) is 11.5. The fourth-order valence-electron chi connectivity index (χ4n) is 4.52. The number of nitrogens with zero attached hydrogens (tertiary/aromatic N) is 3. The van der Waals surface area contributed by atoms with E-state index < -0.39 is 5.60 Å². The molecule has 0 unspecified atom stereocenters. The highest BCUT2D eigenvalue weighted by atomic mass is 16.6. The van der Waals surface area contributed by atoms with Crippen LogP contribution in [0.25, 0.3) is 23.0 Å². The molecule has 3 aromatic rings. The fraction of sp³-hybridized carbons (Fsp3) is 0.516. The van der Waals surface area contributed by atoms with Crippen LogP contribution >= 0.6 is 0 Å². The summed E-state index contributed by atoms with van der Waals surface area (Å²) in [5.41, 5.74) is 6.76. The van der Waals surface area contributed by atoms with E-state index in [9.17, 15) is 9.59 Å². The normalized spacial score (nSPS) is 11.6. The van der Waals surface area contributed by atoms with Crippen LogP contribution in [0, 0.1) is 19.8 Å². The van der Waals surface area contributed by atoms with Crippen molar-refractivity contribution in [2.75, 3.05) is 6.54 Å². The van der Waals surface area contributed by atoms with Gasteiger partial charge in [0.05, 0.1) is 6.42 Å². The molecule has 1 amide bonds. The van der Waals surface area contributed by atoms with Gasteiger partial charge in [0.25, 0.3) is 5.89 Å². The summed E-state index contributed by atoms with van der Waals surface area (Å²) in [5, 5.41) is 7.05. The minimum Gasteiger partial charge on any atom is -0.460 e. The molecule has 39 heavy (non-hydrogen) atoms. The first-order valence-electron chi connectivity index (χ1n) is 13.8. The summed E-state index contributed by atoms with van der Waals surface area (Å²) in [5.74, 6) is 1.06. The van der Waals surface area contributed by atoms with Crippen molar-refractivity contribution >= 4 is 11.9 Å². The zero-order chi connectivity index (χ0) is 28.7. The van der Waals surface area contributed by atoms with Gasteiger partial charge in [-0.1, -0.05) is 25.9 Å². The molecule has 8 nitrogen and oxygen atoms in total. The van der Waals surface area contributed by atoms with E-state index in [4.69, 9.17) is 9.26 Å². The van der Waals surface area contributed by atoms with E-state index in [1.54, 1.807) is 0 Å². The highest BCUT2D eigenvalue weighted by Gasteiger charge is 2.18. The molecule has 0 saturated heterocycles. The molecule has 0 radical (unpaired) electrons. The summed E-state index contributed by atoms with van der Waals surface area (Å²) in [6.07, 6.45) is 4.79. The molecule has 2 aromatic heterocycles. The van der Waals surface area contributed by atoms with Gasteiger partial charge in [-0.15, -0.1) is 0 Å². The molecular formula is C31H42N4O4. The lowest BCUT2D eigenvalue weighted by molar-refractivity contribution is -0.154. The van der Waals surface area contributed by atoms with Gasteiger partial charge in [-0.3, -0.25) is 14.6 Å². The van der Waals surface area contributed by atoms with Gasteiger partial charge >= 0.3 is 5.97 Å². The molecule has 1 N–H and O–H groups in total. The van der Waals surface area contributed by atoms with Gasteiger partial charge in [-0.05, 0) is 106 Å². The Balaban J connectivity index is 1.66. The average Bonchev–Trinajstić information content (AvgIpc) is 3.33. The summed E-state index contributed by atoms with van der Waals surface area (Å²) in [4.78, 5) is 33.5. The Labute approximate surface area is 232 Å². The van der Waals surface area contributed by atoms with Crippen molar-refractivity contribution in [2.24, 2.45) is 5.92 Å². The number of amides is 1. The van der Waals surface area contributed by atoms with Gasteiger partial charge in [0, 0.05) is 24.7 Å². The fourth-order valence-corrected chi connectivity index (χ4v) is 4.52. The summed E-state index contributed by atoms with van der Waals surface area (Å²) in [6, 6.07) is 6.11.